The number of aryl methyl sites for hydroxylation is 2. The molecule has 0 saturated carbocycles. The molecule has 6 nitrogen and oxygen atoms in total. The van der Waals surface area contributed by atoms with E-state index in [1.807, 2.05) is 43.3 Å². The van der Waals surface area contributed by atoms with Crippen LogP contribution in [0.25, 0.3) is 11.3 Å². The number of hydrogen-bond donors (Lipinski definition) is 2. The van der Waals surface area contributed by atoms with Crippen molar-refractivity contribution < 1.29 is 19.1 Å². The Morgan fingerprint density at radius 2 is 1.89 bits per heavy atom. The van der Waals surface area contributed by atoms with Gasteiger partial charge in [0.25, 0.3) is 5.91 Å². The summed E-state index contributed by atoms with van der Waals surface area (Å²) in [6, 6.07) is 18.4. The fourth-order valence-corrected chi connectivity index (χ4v) is 5.68. The highest BCUT2D eigenvalue weighted by atomic mass is 32.1. The maximum absolute atomic E-state index is 13.2. The summed E-state index contributed by atoms with van der Waals surface area (Å²) >= 11 is 1.58. The van der Waals surface area contributed by atoms with E-state index >= 15 is 0 Å². The fourth-order valence-electron chi connectivity index (χ4n) is 4.45. The summed E-state index contributed by atoms with van der Waals surface area (Å²) in [5.74, 6) is 0.0199. The summed E-state index contributed by atoms with van der Waals surface area (Å²) in [6.07, 6.45) is 5.68. The topological polar surface area (TPSA) is 91.9 Å². The lowest BCUT2D eigenvalue weighted by Crippen LogP contribution is -2.24. The van der Waals surface area contributed by atoms with Crippen LogP contribution in [-0.2, 0) is 19.4 Å². The van der Waals surface area contributed by atoms with E-state index in [4.69, 9.17) is 4.42 Å². The number of rotatable bonds is 7. The SMILES string of the molecule is Cc1ccc(C(=O)O)cc1-c1ccc(C=Nc2sc3c(c2C(=O)NCc2ccccc2)CCCC3)o1. The zero-order chi connectivity index (χ0) is 25.1. The molecule has 182 valence electrons. The number of aliphatic imine (C=N–C) groups is 1. The van der Waals surface area contributed by atoms with Crippen LogP contribution in [0, 0.1) is 6.92 Å². The minimum Gasteiger partial charge on any atom is -0.478 e. The van der Waals surface area contributed by atoms with Crippen molar-refractivity contribution in [3.8, 4) is 11.3 Å². The number of nitrogens with one attached hydrogen (secondary N) is 1. The van der Waals surface area contributed by atoms with E-state index in [-0.39, 0.29) is 11.5 Å². The predicted molar refractivity (Wildman–Crippen MR) is 142 cm³/mol. The number of fused-ring (bicyclic) bond motifs is 1. The number of amides is 1. The normalized spacial score (nSPS) is 13.0. The molecule has 1 aliphatic carbocycles. The van der Waals surface area contributed by atoms with Gasteiger partial charge in [0.1, 0.15) is 16.5 Å². The molecule has 2 aromatic heterocycles. The van der Waals surface area contributed by atoms with Gasteiger partial charge in [-0.3, -0.25) is 4.79 Å². The van der Waals surface area contributed by atoms with Crippen LogP contribution in [-0.4, -0.2) is 23.2 Å². The average molecular weight is 499 g/mol. The van der Waals surface area contributed by atoms with Gasteiger partial charge in [-0.05, 0) is 73.6 Å². The second-order valence-electron chi connectivity index (χ2n) is 8.85. The van der Waals surface area contributed by atoms with Crippen molar-refractivity contribution in [2.75, 3.05) is 0 Å². The Hall–Kier alpha value is -3.97. The lowest BCUT2D eigenvalue weighted by Gasteiger charge is -2.12. The number of hydrogen-bond acceptors (Lipinski definition) is 5. The van der Waals surface area contributed by atoms with Gasteiger partial charge >= 0.3 is 5.97 Å². The Labute approximate surface area is 213 Å². The van der Waals surface area contributed by atoms with Gasteiger partial charge in [-0.15, -0.1) is 11.3 Å². The predicted octanol–water partition coefficient (Wildman–Crippen LogP) is 6.57. The first kappa shape index (κ1) is 23.8. The Kier molecular flexibility index (Phi) is 6.82. The number of furan rings is 1. The number of thiophene rings is 1. The highest BCUT2D eigenvalue weighted by molar-refractivity contribution is 7.16. The Morgan fingerprint density at radius 3 is 2.69 bits per heavy atom. The molecule has 0 aliphatic heterocycles. The molecule has 4 aromatic rings. The van der Waals surface area contributed by atoms with Crippen LogP contribution in [0.2, 0.25) is 0 Å². The van der Waals surface area contributed by atoms with Crippen LogP contribution < -0.4 is 5.32 Å². The van der Waals surface area contributed by atoms with Crippen LogP contribution in [0.3, 0.4) is 0 Å². The van der Waals surface area contributed by atoms with Gasteiger partial charge < -0.3 is 14.8 Å². The molecular weight excluding hydrogens is 472 g/mol. The maximum Gasteiger partial charge on any atom is 0.335 e. The largest absolute Gasteiger partial charge is 0.478 e. The molecule has 0 fully saturated rings. The molecule has 0 unspecified atom stereocenters. The van der Waals surface area contributed by atoms with Crippen LogP contribution in [0.4, 0.5) is 5.00 Å². The van der Waals surface area contributed by atoms with Crippen LogP contribution in [0.5, 0.6) is 0 Å². The summed E-state index contributed by atoms with van der Waals surface area (Å²) in [6.45, 7) is 2.37. The fraction of sp³-hybridized carbons (Fsp3) is 0.207. The van der Waals surface area contributed by atoms with Gasteiger partial charge in [0.05, 0.1) is 17.3 Å². The molecule has 0 bridgehead atoms. The van der Waals surface area contributed by atoms with E-state index in [1.54, 1.807) is 41.8 Å². The third-order valence-corrected chi connectivity index (χ3v) is 7.56. The molecule has 5 rings (SSSR count). The van der Waals surface area contributed by atoms with E-state index in [0.717, 1.165) is 47.9 Å². The van der Waals surface area contributed by atoms with E-state index < -0.39 is 5.97 Å². The molecule has 0 saturated heterocycles. The molecule has 0 atom stereocenters. The summed E-state index contributed by atoms with van der Waals surface area (Å²) in [5, 5.41) is 13.1. The molecule has 36 heavy (non-hydrogen) atoms. The molecule has 2 heterocycles. The van der Waals surface area contributed by atoms with Gasteiger partial charge in [-0.25, -0.2) is 9.79 Å². The first-order chi connectivity index (χ1) is 17.5. The van der Waals surface area contributed by atoms with E-state index in [2.05, 4.69) is 10.3 Å². The van der Waals surface area contributed by atoms with Crippen molar-refractivity contribution in [2.24, 2.45) is 4.99 Å². The summed E-state index contributed by atoms with van der Waals surface area (Å²) in [5.41, 5.74) is 4.68. The highest BCUT2D eigenvalue weighted by Crippen LogP contribution is 2.40. The number of aromatic carboxylic acids is 1. The van der Waals surface area contributed by atoms with Gasteiger partial charge in [-0.2, -0.15) is 0 Å². The van der Waals surface area contributed by atoms with Crippen molar-refractivity contribution in [1.29, 1.82) is 0 Å². The number of nitrogens with zero attached hydrogens (tertiary/aromatic N) is 1. The smallest absolute Gasteiger partial charge is 0.335 e. The van der Waals surface area contributed by atoms with Crippen molar-refractivity contribution in [3.63, 3.8) is 0 Å². The van der Waals surface area contributed by atoms with Gasteiger partial charge in [0.2, 0.25) is 0 Å². The first-order valence-electron chi connectivity index (χ1n) is 11.9. The van der Waals surface area contributed by atoms with Gasteiger partial charge in [0, 0.05) is 17.0 Å². The van der Waals surface area contributed by atoms with Crippen LogP contribution in [0.15, 0.2) is 70.1 Å². The summed E-state index contributed by atoms with van der Waals surface area (Å²) in [7, 11) is 0. The maximum atomic E-state index is 13.2. The van der Waals surface area contributed by atoms with Crippen LogP contribution in [0.1, 0.15) is 60.9 Å². The van der Waals surface area contributed by atoms with Crippen molar-refractivity contribution in [2.45, 2.75) is 39.2 Å². The third-order valence-electron chi connectivity index (χ3n) is 6.36. The molecule has 0 radical (unpaired) electrons. The van der Waals surface area contributed by atoms with E-state index in [0.29, 0.717) is 28.6 Å². The number of benzene rings is 2. The minimum atomic E-state index is -0.982. The lowest BCUT2D eigenvalue weighted by atomic mass is 9.95. The zero-order valence-corrected chi connectivity index (χ0v) is 20.7. The number of carboxylic acids is 1. The van der Waals surface area contributed by atoms with Crippen molar-refractivity contribution in [1.82, 2.24) is 5.32 Å². The second-order valence-corrected chi connectivity index (χ2v) is 9.94. The summed E-state index contributed by atoms with van der Waals surface area (Å²) in [4.78, 5) is 30.5. The highest BCUT2D eigenvalue weighted by Gasteiger charge is 2.25. The van der Waals surface area contributed by atoms with E-state index in [1.165, 1.54) is 4.88 Å². The lowest BCUT2D eigenvalue weighted by molar-refractivity contribution is 0.0696. The first-order valence-corrected chi connectivity index (χ1v) is 12.8. The molecule has 1 aliphatic rings. The Morgan fingerprint density at radius 1 is 1.08 bits per heavy atom. The Bertz CT molecular complexity index is 1450. The second kappa shape index (κ2) is 10.3. The average Bonchev–Trinajstić information content (AvgIpc) is 3.51. The Balaban J connectivity index is 1.40. The third kappa shape index (κ3) is 5.02. The summed E-state index contributed by atoms with van der Waals surface area (Å²) < 4.78 is 5.98. The zero-order valence-electron chi connectivity index (χ0n) is 19.9. The number of carboxylic acid groups (broad SMARTS) is 1. The standard InChI is InChI=1S/C29H26N2O4S/c1-18-11-12-20(29(33)34)15-23(18)24-14-13-21(35-24)17-31-28-26(22-9-5-6-10-25(22)36-28)27(32)30-16-19-7-3-2-4-8-19/h2-4,7-8,11-15,17H,5-6,9-10,16H2,1H3,(H,30,32)(H,33,34). The molecule has 0 spiro atoms. The molecular formula is C29H26N2O4S. The van der Waals surface area contributed by atoms with E-state index in [9.17, 15) is 14.7 Å². The number of carbonyl (C=O) groups excluding carboxylic acids is 1. The van der Waals surface area contributed by atoms with Gasteiger partial charge in [-0.1, -0.05) is 36.4 Å². The van der Waals surface area contributed by atoms with Crippen LogP contribution >= 0.6 is 11.3 Å². The minimum absolute atomic E-state index is 0.105. The monoisotopic (exact) mass is 498 g/mol. The quantitative estimate of drug-likeness (QED) is 0.282. The van der Waals surface area contributed by atoms with Gasteiger partial charge in [0.15, 0.2) is 0 Å². The molecule has 2 N–H and O–H groups in total. The molecule has 2 aromatic carbocycles. The van der Waals surface area contributed by atoms with Crippen molar-refractivity contribution in [3.05, 3.63) is 99.1 Å². The number of carbonyl (C=O) groups is 2. The molecule has 1 amide bonds. The molecule has 7 heteroatoms. The van der Waals surface area contributed by atoms with Crippen molar-refractivity contribution >= 4 is 34.4 Å².